The van der Waals surface area contributed by atoms with Gasteiger partial charge in [-0.1, -0.05) is 18.2 Å². The first-order valence-corrected chi connectivity index (χ1v) is 9.03. The van der Waals surface area contributed by atoms with Crippen LogP contribution in [-0.4, -0.2) is 19.5 Å². The van der Waals surface area contributed by atoms with Crippen molar-refractivity contribution in [3.63, 3.8) is 0 Å². The number of rotatable bonds is 2. The number of hydrogen-bond donors (Lipinski definition) is 0. The first-order valence-electron chi connectivity index (χ1n) is 9.03. The number of furan rings is 1. The van der Waals surface area contributed by atoms with Gasteiger partial charge in [0.05, 0.1) is 17.3 Å². The van der Waals surface area contributed by atoms with Crippen molar-refractivity contribution in [2.45, 2.75) is 0 Å². The lowest BCUT2D eigenvalue weighted by Gasteiger charge is -2.08. The molecule has 2 aromatic carbocycles. The van der Waals surface area contributed by atoms with Crippen LogP contribution in [0.1, 0.15) is 0 Å². The van der Waals surface area contributed by atoms with Crippen LogP contribution in [0.3, 0.4) is 0 Å². The normalized spacial score (nSPS) is 11.6. The zero-order valence-electron chi connectivity index (χ0n) is 14.8. The van der Waals surface area contributed by atoms with Gasteiger partial charge >= 0.3 is 0 Å². The Balaban J connectivity index is 1.69. The number of aromatic nitrogens is 4. The highest BCUT2D eigenvalue weighted by Crippen LogP contribution is 2.34. The Labute approximate surface area is 159 Å². The zero-order valence-corrected chi connectivity index (χ0v) is 14.8. The quantitative estimate of drug-likeness (QED) is 0.415. The molecule has 0 spiro atoms. The van der Waals surface area contributed by atoms with E-state index >= 15 is 0 Å². The maximum atomic E-state index is 5.63. The summed E-state index contributed by atoms with van der Waals surface area (Å²) in [5.74, 6) is 1.48. The first-order chi connectivity index (χ1) is 13.9. The van der Waals surface area contributed by atoms with E-state index in [0.717, 1.165) is 44.2 Å². The highest BCUT2D eigenvalue weighted by molar-refractivity contribution is 6.12. The Hall–Kier alpha value is -3.99. The van der Waals surface area contributed by atoms with E-state index in [2.05, 4.69) is 44.9 Å². The summed E-state index contributed by atoms with van der Waals surface area (Å²) in [5.41, 5.74) is 3.96. The van der Waals surface area contributed by atoms with Gasteiger partial charge in [-0.05, 0) is 42.5 Å². The van der Waals surface area contributed by atoms with Crippen LogP contribution in [0.2, 0.25) is 0 Å². The standard InChI is InChI=1S/C23H14N4O/c1-2-6-19-17(5-1)18-13-21-15(8-11-28-21)12-20(18)27(19)22-7-10-25-23(26-22)16-4-3-9-24-14-16/h1-14H. The number of benzene rings is 2. The molecule has 0 bridgehead atoms. The van der Waals surface area contributed by atoms with Crippen molar-refractivity contribution in [3.05, 3.63) is 85.5 Å². The van der Waals surface area contributed by atoms with Crippen LogP contribution < -0.4 is 0 Å². The zero-order chi connectivity index (χ0) is 18.5. The highest BCUT2D eigenvalue weighted by atomic mass is 16.3. The van der Waals surface area contributed by atoms with Crippen LogP contribution in [0, 0.1) is 0 Å². The predicted molar refractivity (Wildman–Crippen MR) is 109 cm³/mol. The van der Waals surface area contributed by atoms with E-state index in [9.17, 15) is 0 Å². The molecule has 5 heteroatoms. The van der Waals surface area contributed by atoms with Crippen LogP contribution in [0.5, 0.6) is 0 Å². The van der Waals surface area contributed by atoms with Gasteiger partial charge in [-0.15, -0.1) is 0 Å². The highest BCUT2D eigenvalue weighted by Gasteiger charge is 2.15. The van der Waals surface area contributed by atoms with Crippen molar-refractivity contribution in [2.75, 3.05) is 0 Å². The minimum Gasteiger partial charge on any atom is -0.464 e. The van der Waals surface area contributed by atoms with Crippen LogP contribution in [-0.2, 0) is 0 Å². The van der Waals surface area contributed by atoms with Gasteiger partial charge in [0.15, 0.2) is 5.82 Å². The molecule has 0 aliphatic heterocycles. The number of para-hydroxylation sites is 1. The smallest absolute Gasteiger partial charge is 0.163 e. The van der Waals surface area contributed by atoms with E-state index in [-0.39, 0.29) is 0 Å². The monoisotopic (exact) mass is 362 g/mol. The lowest BCUT2D eigenvalue weighted by Crippen LogP contribution is -2.00. The summed E-state index contributed by atoms with van der Waals surface area (Å²) < 4.78 is 7.80. The molecule has 0 saturated carbocycles. The molecule has 0 amide bonds. The van der Waals surface area contributed by atoms with Crippen LogP contribution in [0.4, 0.5) is 0 Å². The number of hydrogen-bond acceptors (Lipinski definition) is 4. The van der Waals surface area contributed by atoms with Crippen LogP contribution in [0.15, 0.2) is 89.9 Å². The van der Waals surface area contributed by atoms with Crippen molar-refractivity contribution in [2.24, 2.45) is 0 Å². The fourth-order valence-corrected chi connectivity index (χ4v) is 3.78. The predicted octanol–water partition coefficient (Wildman–Crippen LogP) is 5.38. The van der Waals surface area contributed by atoms with Crippen LogP contribution in [0.25, 0.3) is 50.0 Å². The summed E-state index contributed by atoms with van der Waals surface area (Å²) in [6.07, 6.45) is 7.04. The summed E-state index contributed by atoms with van der Waals surface area (Å²) in [6, 6.07) is 20.4. The molecule has 0 aliphatic carbocycles. The Morgan fingerprint density at radius 1 is 0.821 bits per heavy atom. The molecule has 4 heterocycles. The molecule has 4 aromatic heterocycles. The molecular weight excluding hydrogens is 348 g/mol. The third-order valence-corrected chi connectivity index (χ3v) is 5.04. The van der Waals surface area contributed by atoms with Crippen molar-refractivity contribution >= 4 is 32.8 Å². The number of fused-ring (bicyclic) bond motifs is 4. The molecule has 0 atom stereocenters. The fraction of sp³-hybridized carbons (Fsp3) is 0. The maximum absolute atomic E-state index is 5.63. The molecule has 5 nitrogen and oxygen atoms in total. The molecule has 132 valence electrons. The van der Waals surface area contributed by atoms with Crippen LogP contribution >= 0.6 is 0 Å². The molecule has 0 fully saturated rings. The maximum Gasteiger partial charge on any atom is 0.163 e. The van der Waals surface area contributed by atoms with Gasteiger partial charge in [-0.2, -0.15) is 0 Å². The largest absolute Gasteiger partial charge is 0.464 e. The summed E-state index contributed by atoms with van der Waals surface area (Å²) in [5, 5.41) is 3.37. The van der Waals surface area contributed by atoms with Gasteiger partial charge in [0.2, 0.25) is 0 Å². The second kappa shape index (κ2) is 5.76. The van der Waals surface area contributed by atoms with E-state index < -0.39 is 0 Å². The number of nitrogens with zero attached hydrogens (tertiary/aromatic N) is 4. The van der Waals surface area contributed by atoms with Gasteiger partial charge in [-0.25, -0.2) is 9.97 Å². The summed E-state index contributed by atoms with van der Waals surface area (Å²) in [6.45, 7) is 0. The SMILES string of the molecule is c1cncc(-c2nccc(-n3c4ccccc4c4cc5occc5cc43)n2)c1. The Morgan fingerprint density at radius 2 is 1.79 bits per heavy atom. The van der Waals surface area contributed by atoms with Gasteiger partial charge in [0, 0.05) is 40.3 Å². The first kappa shape index (κ1) is 15.1. The summed E-state index contributed by atoms with van der Waals surface area (Å²) in [4.78, 5) is 13.5. The third kappa shape index (κ3) is 2.16. The van der Waals surface area contributed by atoms with Gasteiger partial charge in [0.1, 0.15) is 11.4 Å². The van der Waals surface area contributed by atoms with E-state index in [1.54, 1.807) is 24.9 Å². The molecule has 0 N–H and O–H groups in total. The molecule has 6 aromatic rings. The van der Waals surface area contributed by atoms with Gasteiger partial charge in [0.25, 0.3) is 0 Å². The van der Waals surface area contributed by atoms with E-state index in [4.69, 9.17) is 9.40 Å². The Bertz CT molecular complexity index is 1460. The average molecular weight is 362 g/mol. The second-order valence-corrected chi connectivity index (χ2v) is 6.66. The van der Waals surface area contributed by atoms with E-state index in [1.807, 2.05) is 30.3 Å². The molecule has 0 radical (unpaired) electrons. The summed E-state index contributed by atoms with van der Waals surface area (Å²) >= 11 is 0. The second-order valence-electron chi connectivity index (χ2n) is 6.66. The Morgan fingerprint density at radius 3 is 2.71 bits per heavy atom. The van der Waals surface area contributed by atoms with Gasteiger partial charge < -0.3 is 4.42 Å². The van der Waals surface area contributed by atoms with Crippen molar-refractivity contribution in [3.8, 4) is 17.2 Å². The molecule has 6 rings (SSSR count). The third-order valence-electron chi connectivity index (χ3n) is 5.04. The molecular formula is C23H14N4O. The lowest BCUT2D eigenvalue weighted by atomic mass is 10.1. The van der Waals surface area contributed by atoms with E-state index in [0.29, 0.717) is 5.82 Å². The summed E-state index contributed by atoms with van der Waals surface area (Å²) in [7, 11) is 0. The topological polar surface area (TPSA) is 56.7 Å². The molecule has 0 aliphatic rings. The minimum atomic E-state index is 0.654. The average Bonchev–Trinajstić information content (AvgIpc) is 3.34. The fourth-order valence-electron chi connectivity index (χ4n) is 3.78. The molecule has 28 heavy (non-hydrogen) atoms. The molecule has 0 unspecified atom stereocenters. The Kier molecular flexibility index (Phi) is 3.10. The number of pyridine rings is 1. The van der Waals surface area contributed by atoms with Crippen molar-refractivity contribution in [1.29, 1.82) is 0 Å². The van der Waals surface area contributed by atoms with E-state index in [1.165, 1.54) is 0 Å². The lowest BCUT2D eigenvalue weighted by molar-refractivity contribution is 0.616. The molecule has 0 saturated heterocycles. The van der Waals surface area contributed by atoms with Crippen molar-refractivity contribution < 1.29 is 4.42 Å². The minimum absolute atomic E-state index is 0.654. The van der Waals surface area contributed by atoms with Crippen molar-refractivity contribution in [1.82, 2.24) is 19.5 Å². The van der Waals surface area contributed by atoms with Gasteiger partial charge in [-0.3, -0.25) is 9.55 Å².